The van der Waals surface area contributed by atoms with E-state index in [1.807, 2.05) is 0 Å². The number of hydrogen-bond acceptors (Lipinski definition) is 13. The van der Waals surface area contributed by atoms with E-state index in [2.05, 4.69) is 6.92 Å². The zero-order valence-corrected chi connectivity index (χ0v) is 29.3. The quantitative estimate of drug-likeness (QED) is 0.0872. The van der Waals surface area contributed by atoms with Crippen molar-refractivity contribution in [1.82, 2.24) is 0 Å². The maximum absolute atomic E-state index is 11.8. The summed E-state index contributed by atoms with van der Waals surface area (Å²) in [5.41, 5.74) is 0. The number of alkyl halides is 1. The minimum atomic E-state index is -0.474. The molecule has 47 heavy (non-hydrogen) atoms. The average Bonchev–Trinajstić information content (AvgIpc) is 3.08. The standard InChI is InChI=1S/C33H67FO13/c1-2-3-4-5-6-8-35-10-12-37-14-16-39-18-20-41-22-24-43-26-28-45-30-32-47-33-31-46-29-27-44-25-23-42-21-19-40-17-15-38-13-11-36-9-7-34/h2-33H2,1H3. The molecule has 0 aromatic carbocycles. The van der Waals surface area contributed by atoms with Gasteiger partial charge in [-0.1, -0.05) is 32.6 Å². The monoisotopic (exact) mass is 690 g/mol. The van der Waals surface area contributed by atoms with Crippen molar-refractivity contribution >= 4 is 0 Å². The first-order chi connectivity index (χ1) is 23.4. The molecule has 0 bridgehead atoms. The first-order valence-corrected chi connectivity index (χ1v) is 17.5. The van der Waals surface area contributed by atoms with Gasteiger partial charge >= 0.3 is 0 Å². The van der Waals surface area contributed by atoms with E-state index in [-0.39, 0.29) is 6.61 Å². The van der Waals surface area contributed by atoms with Crippen molar-refractivity contribution in [2.24, 2.45) is 0 Å². The predicted octanol–water partition coefficient (Wildman–Crippen LogP) is 3.14. The van der Waals surface area contributed by atoms with Gasteiger partial charge in [-0.15, -0.1) is 0 Å². The minimum Gasteiger partial charge on any atom is -0.379 e. The Morgan fingerprint density at radius 2 is 0.426 bits per heavy atom. The molecule has 284 valence electrons. The van der Waals surface area contributed by atoms with Gasteiger partial charge < -0.3 is 61.6 Å². The van der Waals surface area contributed by atoms with Crippen molar-refractivity contribution in [3.05, 3.63) is 0 Å². The smallest absolute Gasteiger partial charge is 0.113 e. The van der Waals surface area contributed by atoms with Gasteiger partial charge in [-0.2, -0.15) is 0 Å². The predicted molar refractivity (Wildman–Crippen MR) is 175 cm³/mol. The van der Waals surface area contributed by atoms with Gasteiger partial charge in [0.15, 0.2) is 0 Å². The first-order valence-electron chi connectivity index (χ1n) is 17.5. The van der Waals surface area contributed by atoms with Gasteiger partial charge in [0.25, 0.3) is 0 Å². The third-order valence-electron chi connectivity index (χ3n) is 6.08. The normalized spacial score (nSPS) is 11.6. The molecule has 0 saturated carbocycles. The SMILES string of the molecule is CCCCCCCOCCOCCOCCOCCOCCOCCOCCOCCOCCOCCOCCOCCOCCF. The Morgan fingerprint density at radius 3 is 0.638 bits per heavy atom. The van der Waals surface area contributed by atoms with E-state index in [9.17, 15) is 4.39 Å². The van der Waals surface area contributed by atoms with Crippen LogP contribution in [-0.2, 0) is 61.6 Å². The molecule has 0 unspecified atom stereocenters. The third-order valence-corrected chi connectivity index (χ3v) is 6.08. The molecule has 0 saturated heterocycles. The van der Waals surface area contributed by atoms with Crippen molar-refractivity contribution in [2.45, 2.75) is 39.0 Å². The number of rotatable bonds is 44. The molecule has 0 fully saturated rings. The molecule has 13 nitrogen and oxygen atoms in total. The summed E-state index contributed by atoms with van der Waals surface area (Å²) in [6.45, 7) is 15.0. The molecule has 14 heteroatoms. The molecular weight excluding hydrogens is 623 g/mol. The van der Waals surface area contributed by atoms with Gasteiger partial charge in [0.1, 0.15) is 6.67 Å². The van der Waals surface area contributed by atoms with Crippen LogP contribution < -0.4 is 0 Å². The first kappa shape index (κ1) is 46.4. The van der Waals surface area contributed by atoms with Crippen LogP contribution >= 0.6 is 0 Å². The molecule has 0 aliphatic rings. The highest BCUT2D eigenvalue weighted by Gasteiger charge is 1.97. The molecule has 0 aliphatic heterocycles. The summed E-state index contributed by atoms with van der Waals surface area (Å²) in [5.74, 6) is 0. The minimum absolute atomic E-state index is 0.114. The summed E-state index contributed by atoms with van der Waals surface area (Å²) in [6, 6.07) is 0. The van der Waals surface area contributed by atoms with Gasteiger partial charge in [-0.25, -0.2) is 4.39 Å². The second-order valence-corrected chi connectivity index (χ2v) is 10.1. The van der Waals surface area contributed by atoms with Gasteiger partial charge in [0, 0.05) is 6.61 Å². The van der Waals surface area contributed by atoms with Crippen molar-refractivity contribution < 1.29 is 66.0 Å². The van der Waals surface area contributed by atoms with Crippen LogP contribution in [0.4, 0.5) is 4.39 Å². The molecule has 0 amide bonds. The molecule has 0 rings (SSSR count). The van der Waals surface area contributed by atoms with Crippen LogP contribution in [0.3, 0.4) is 0 Å². The van der Waals surface area contributed by atoms with Gasteiger partial charge in [0.2, 0.25) is 0 Å². The van der Waals surface area contributed by atoms with Crippen LogP contribution in [0.25, 0.3) is 0 Å². The van der Waals surface area contributed by atoms with E-state index in [1.54, 1.807) is 0 Å². The van der Waals surface area contributed by atoms with Gasteiger partial charge in [-0.05, 0) is 6.42 Å². The number of unbranched alkanes of at least 4 members (excludes halogenated alkanes) is 4. The molecule has 0 spiro atoms. The van der Waals surface area contributed by atoms with E-state index in [0.29, 0.717) is 159 Å². The molecule has 0 aromatic heterocycles. The fourth-order valence-corrected chi connectivity index (χ4v) is 3.60. The molecule has 0 radical (unpaired) electrons. The Balaban J connectivity index is 3.03. The second kappa shape index (κ2) is 45.4. The highest BCUT2D eigenvalue weighted by Crippen LogP contribution is 2.02. The topological polar surface area (TPSA) is 120 Å². The fourth-order valence-electron chi connectivity index (χ4n) is 3.60. The number of hydrogen-bond donors (Lipinski definition) is 0. The number of ether oxygens (including phenoxy) is 13. The summed E-state index contributed by atoms with van der Waals surface area (Å²) in [5, 5.41) is 0. The van der Waals surface area contributed by atoms with Crippen LogP contribution in [0.15, 0.2) is 0 Å². The van der Waals surface area contributed by atoms with E-state index < -0.39 is 6.67 Å². The zero-order chi connectivity index (χ0) is 33.8. The van der Waals surface area contributed by atoms with Crippen molar-refractivity contribution in [3.63, 3.8) is 0 Å². The fraction of sp³-hybridized carbons (Fsp3) is 1.00. The molecule has 0 heterocycles. The largest absolute Gasteiger partial charge is 0.379 e. The molecule has 0 N–H and O–H groups in total. The number of halogens is 1. The Bertz CT molecular complexity index is 497. The summed E-state index contributed by atoms with van der Waals surface area (Å²) in [6.07, 6.45) is 6.26. The van der Waals surface area contributed by atoms with Crippen molar-refractivity contribution in [1.29, 1.82) is 0 Å². The lowest BCUT2D eigenvalue weighted by Gasteiger charge is -2.09. The summed E-state index contributed by atoms with van der Waals surface area (Å²) >= 11 is 0. The summed E-state index contributed by atoms with van der Waals surface area (Å²) < 4.78 is 82.3. The van der Waals surface area contributed by atoms with Crippen LogP contribution in [0.5, 0.6) is 0 Å². The second-order valence-electron chi connectivity index (χ2n) is 10.1. The molecule has 0 aromatic rings. The third kappa shape index (κ3) is 45.4. The van der Waals surface area contributed by atoms with Crippen molar-refractivity contribution in [3.8, 4) is 0 Å². The van der Waals surface area contributed by atoms with E-state index >= 15 is 0 Å². The summed E-state index contributed by atoms with van der Waals surface area (Å²) in [4.78, 5) is 0. The Hall–Kier alpha value is -0.590. The van der Waals surface area contributed by atoms with Crippen LogP contribution in [0, 0.1) is 0 Å². The Morgan fingerprint density at radius 1 is 0.234 bits per heavy atom. The maximum atomic E-state index is 11.8. The molecule has 0 atom stereocenters. The Kier molecular flexibility index (Phi) is 44.8. The van der Waals surface area contributed by atoms with Gasteiger partial charge in [0.05, 0.1) is 165 Å². The highest BCUT2D eigenvalue weighted by atomic mass is 19.1. The molecular formula is C33H67FO13. The van der Waals surface area contributed by atoms with Crippen LogP contribution in [0.1, 0.15) is 39.0 Å². The van der Waals surface area contributed by atoms with Crippen LogP contribution in [0.2, 0.25) is 0 Å². The van der Waals surface area contributed by atoms with Crippen LogP contribution in [-0.4, -0.2) is 178 Å². The average molecular weight is 691 g/mol. The van der Waals surface area contributed by atoms with E-state index in [0.717, 1.165) is 13.0 Å². The highest BCUT2D eigenvalue weighted by molar-refractivity contribution is 4.43. The van der Waals surface area contributed by atoms with Crippen molar-refractivity contribution in [2.75, 3.05) is 178 Å². The van der Waals surface area contributed by atoms with Gasteiger partial charge in [-0.3, -0.25) is 0 Å². The zero-order valence-electron chi connectivity index (χ0n) is 29.3. The lowest BCUT2D eigenvalue weighted by Crippen LogP contribution is -2.15. The lowest BCUT2D eigenvalue weighted by atomic mass is 10.2. The molecule has 0 aliphatic carbocycles. The van der Waals surface area contributed by atoms with E-state index in [4.69, 9.17) is 61.6 Å². The van der Waals surface area contributed by atoms with E-state index in [1.165, 1.54) is 25.7 Å². The maximum Gasteiger partial charge on any atom is 0.113 e. The lowest BCUT2D eigenvalue weighted by molar-refractivity contribution is -0.0291. The Labute approximate surface area is 283 Å². The summed E-state index contributed by atoms with van der Waals surface area (Å²) in [7, 11) is 0.